The number of aromatic amines is 1. The largest absolute Gasteiger partial charge is 0.478 e. The highest BCUT2D eigenvalue weighted by Gasteiger charge is 2.19. The first-order chi connectivity index (χ1) is 15.1. The van der Waals surface area contributed by atoms with Gasteiger partial charge in [0.25, 0.3) is 0 Å². The molecule has 0 aliphatic carbocycles. The van der Waals surface area contributed by atoms with E-state index >= 15 is 0 Å². The Bertz CT molecular complexity index is 1430. The van der Waals surface area contributed by atoms with Crippen LogP contribution in [0.4, 0.5) is 4.39 Å². The molecule has 0 aliphatic rings. The number of pyridine rings is 3. The van der Waals surface area contributed by atoms with Crippen molar-refractivity contribution in [2.45, 2.75) is 0 Å². The van der Waals surface area contributed by atoms with Crippen LogP contribution in [0.1, 0.15) is 10.4 Å². The second-order valence-electron chi connectivity index (χ2n) is 6.79. The molecule has 1 aromatic carbocycles. The molecule has 4 aromatic heterocycles. The van der Waals surface area contributed by atoms with E-state index in [4.69, 9.17) is 0 Å². The normalized spacial score (nSPS) is 11.0. The van der Waals surface area contributed by atoms with Gasteiger partial charge in [0.2, 0.25) is 0 Å². The SMILES string of the molecule is O=C(O)c1ccccc1-c1nc2nc(-c3cccnc3)c(-c3ccncc3F)cc2[nH]1. The average Bonchev–Trinajstić information content (AvgIpc) is 3.22. The Morgan fingerprint density at radius 3 is 2.52 bits per heavy atom. The number of hydrogen-bond acceptors (Lipinski definition) is 5. The smallest absolute Gasteiger partial charge is 0.336 e. The molecule has 150 valence electrons. The van der Waals surface area contributed by atoms with Gasteiger partial charge in [0.15, 0.2) is 5.65 Å². The molecular weight excluding hydrogens is 397 g/mol. The second kappa shape index (κ2) is 7.42. The van der Waals surface area contributed by atoms with Gasteiger partial charge in [0.1, 0.15) is 11.6 Å². The number of carboxylic acids is 1. The van der Waals surface area contributed by atoms with Crippen LogP contribution in [0.25, 0.3) is 44.9 Å². The topological polar surface area (TPSA) is 105 Å². The summed E-state index contributed by atoms with van der Waals surface area (Å²) in [5, 5.41) is 9.51. The molecule has 8 heteroatoms. The zero-order valence-corrected chi connectivity index (χ0v) is 16.0. The molecule has 0 radical (unpaired) electrons. The van der Waals surface area contributed by atoms with E-state index in [0.29, 0.717) is 44.9 Å². The Kier molecular flexibility index (Phi) is 4.44. The fourth-order valence-corrected chi connectivity index (χ4v) is 3.47. The number of halogens is 1. The number of fused-ring (bicyclic) bond motifs is 1. The Morgan fingerprint density at radius 1 is 0.903 bits per heavy atom. The summed E-state index contributed by atoms with van der Waals surface area (Å²) >= 11 is 0. The molecule has 0 amide bonds. The summed E-state index contributed by atoms with van der Waals surface area (Å²) in [6.45, 7) is 0. The molecule has 0 saturated heterocycles. The maximum Gasteiger partial charge on any atom is 0.336 e. The van der Waals surface area contributed by atoms with Crippen LogP contribution >= 0.6 is 0 Å². The van der Waals surface area contributed by atoms with Gasteiger partial charge >= 0.3 is 5.97 Å². The molecule has 0 unspecified atom stereocenters. The number of carbonyl (C=O) groups is 1. The van der Waals surface area contributed by atoms with Crippen LogP contribution in [0.2, 0.25) is 0 Å². The zero-order chi connectivity index (χ0) is 21.4. The van der Waals surface area contributed by atoms with Gasteiger partial charge < -0.3 is 10.1 Å². The molecule has 31 heavy (non-hydrogen) atoms. The standard InChI is InChI=1S/C23H14FN5O2/c24-18-12-26-9-7-14(18)17-10-19-22(28-20(17)13-4-3-8-25-11-13)29-21(27-19)15-5-1-2-6-16(15)23(30)31/h1-12H,(H,30,31)(H,27,28,29). The lowest BCUT2D eigenvalue weighted by atomic mass is 10.0. The van der Waals surface area contributed by atoms with Gasteiger partial charge in [-0.1, -0.05) is 18.2 Å². The molecule has 0 aliphatic heterocycles. The minimum Gasteiger partial charge on any atom is -0.478 e. The number of aromatic carboxylic acids is 1. The van der Waals surface area contributed by atoms with E-state index in [1.54, 1.807) is 48.8 Å². The van der Waals surface area contributed by atoms with E-state index in [9.17, 15) is 14.3 Å². The highest BCUT2D eigenvalue weighted by atomic mass is 19.1. The van der Waals surface area contributed by atoms with Crippen molar-refractivity contribution < 1.29 is 14.3 Å². The first kappa shape index (κ1) is 18.6. The third-order valence-corrected chi connectivity index (χ3v) is 4.88. The quantitative estimate of drug-likeness (QED) is 0.448. The van der Waals surface area contributed by atoms with E-state index in [-0.39, 0.29) is 5.56 Å². The van der Waals surface area contributed by atoms with E-state index in [0.717, 1.165) is 6.20 Å². The molecule has 4 heterocycles. The summed E-state index contributed by atoms with van der Waals surface area (Å²) in [5.74, 6) is -1.17. The molecule has 5 rings (SSSR count). The number of imidazole rings is 1. The highest BCUT2D eigenvalue weighted by Crippen LogP contribution is 2.34. The van der Waals surface area contributed by atoms with Crippen molar-refractivity contribution in [2.75, 3.05) is 0 Å². The van der Waals surface area contributed by atoms with Crippen molar-refractivity contribution in [3.63, 3.8) is 0 Å². The summed E-state index contributed by atoms with van der Waals surface area (Å²) in [4.78, 5) is 31.9. The molecule has 5 aromatic rings. The molecule has 2 N–H and O–H groups in total. The molecular formula is C23H14FN5O2. The maximum absolute atomic E-state index is 14.6. The van der Waals surface area contributed by atoms with Gasteiger partial charge in [-0.2, -0.15) is 0 Å². The average molecular weight is 411 g/mol. The Morgan fingerprint density at radius 2 is 1.74 bits per heavy atom. The number of benzene rings is 1. The van der Waals surface area contributed by atoms with Crippen LogP contribution in [0.5, 0.6) is 0 Å². The summed E-state index contributed by atoms with van der Waals surface area (Å²) < 4.78 is 14.6. The lowest BCUT2D eigenvalue weighted by molar-refractivity contribution is 0.0697. The number of nitrogens with one attached hydrogen (secondary N) is 1. The van der Waals surface area contributed by atoms with Crippen molar-refractivity contribution >= 4 is 17.1 Å². The first-order valence-corrected chi connectivity index (χ1v) is 9.35. The van der Waals surface area contributed by atoms with Crippen molar-refractivity contribution in [2.24, 2.45) is 0 Å². The lowest BCUT2D eigenvalue weighted by Gasteiger charge is -2.09. The van der Waals surface area contributed by atoms with Crippen LogP contribution in [-0.4, -0.2) is 36.0 Å². The number of nitrogens with zero attached hydrogens (tertiary/aromatic N) is 4. The fourth-order valence-electron chi connectivity index (χ4n) is 3.47. The summed E-state index contributed by atoms with van der Waals surface area (Å²) in [7, 11) is 0. The minimum absolute atomic E-state index is 0.120. The van der Waals surface area contributed by atoms with Crippen molar-refractivity contribution in [3.8, 4) is 33.8 Å². The molecule has 7 nitrogen and oxygen atoms in total. The number of rotatable bonds is 4. The summed E-state index contributed by atoms with van der Waals surface area (Å²) in [5.41, 5.74) is 3.58. The van der Waals surface area contributed by atoms with E-state index in [1.165, 1.54) is 12.3 Å². The molecule has 0 saturated carbocycles. The van der Waals surface area contributed by atoms with Crippen molar-refractivity contribution in [1.82, 2.24) is 24.9 Å². The zero-order valence-electron chi connectivity index (χ0n) is 16.0. The van der Waals surface area contributed by atoms with Crippen LogP contribution < -0.4 is 0 Å². The van der Waals surface area contributed by atoms with Gasteiger partial charge in [0.05, 0.1) is 23.0 Å². The Labute approximate surface area is 175 Å². The van der Waals surface area contributed by atoms with Gasteiger partial charge in [-0.3, -0.25) is 9.97 Å². The monoisotopic (exact) mass is 411 g/mol. The minimum atomic E-state index is -1.06. The third-order valence-electron chi connectivity index (χ3n) is 4.88. The van der Waals surface area contributed by atoms with Gasteiger partial charge in [-0.25, -0.2) is 19.2 Å². The van der Waals surface area contributed by atoms with Gasteiger partial charge in [-0.15, -0.1) is 0 Å². The van der Waals surface area contributed by atoms with E-state index in [2.05, 4.69) is 24.9 Å². The predicted octanol–water partition coefficient (Wildman–Crippen LogP) is 4.59. The Balaban J connectivity index is 1.77. The van der Waals surface area contributed by atoms with E-state index in [1.807, 2.05) is 6.07 Å². The van der Waals surface area contributed by atoms with Crippen LogP contribution in [-0.2, 0) is 0 Å². The third kappa shape index (κ3) is 3.29. The lowest BCUT2D eigenvalue weighted by Crippen LogP contribution is -1.99. The molecule has 0 spiro atoms. The fraction of sp³-hybridized carbons (Fsp3) is 0. The summed E-state index contributed by atoms with van der Waals surface area (Å²) in [6, 6.07) is 13.5. The maximum atomic E-state index is 14.6. The highest BCUT2D eigenvalue weighted by molar-refractivity contribution is 5.96. The van der Waals surface area contributed by atoms with Crippen LogP contribution in [0.3, 0.4) is 0 Å². The van der Waals surface area contributed by atoms with Crippen molar-refractivity contribution in [3.05, 3.63) is 84.7 Å². The van der Waals surface area contributed by atoms with Gasteiger partial charge in [0, 0.05) is 40.8 Å². The first-order valence-electron chi connectivity index (χ1n) is 9.35. The van der Waals surface area contributed by atoms with E-state index < -0.39 is 11.8 Å². The molecule has 0 bridgehead atoms. The Hall–Kier alpha value is -4.46. The second-order valence-corrected chi connectivity index (χ2v) is 6.79. The number of carboxylic acid groups (broad SMARTS) is 1. The number of H-pyrrole nitrogens is 1. The molecule has 0 atom stereocenters. The van der Waals surface area contributed by atoms with Crippen LogP contribution in [0.15, 0.2) is 73.3 Å². The molecule has 0 fully saturated rings. The van der Waals surface area contributed by atoms with Crippen molar-refractivity contribution in [1.29, 1.82) is 0 Å². The van der Waals surface area contributed by atoms with Gasteiger partial charge in [-0.05, 0) is 30.3 Å². The number of aromatic nitrogens is 5. The number of hydrogen-bond donors (Lipinski definition) is 2. The summed E-state index contributed by atoms with van der Waals surface area (Å²) in [6.07, 6.45) is 5.94. The predicted molar refractivity (Wildman–Crippen MR) is 113 cm³/mol. The van der Waals surface area contributed by atoms with Crippen LogP contribution in [0, 0.1) is 5.82 Å².